The van der Waals surface area contributed by atoms with Crippen molar-refractivity contribution in [3.8, 4) is 22.6 Å². The van der Waals surface area contributed by atoms with Gasteiger partial charge in [0.1, 0.15) is 11.5 Å². The Kier molecular flexibility index (Phi) is 4.19. The molecule has 1 aromatic heterocycles. The second-order valence-electron chi connectivity index (χ2n) is 5.05. The Labute approximate surface area is 132 Å². The zero-order valence-corrected chi connectivity index (χ0v) is 12.2. The Balaban J connectivity index is 2.05. The van der Waals surface area contributed by atoms with E-state index >= 15 is 0 Å². The summed E-state index contributed by atoms with van der Waals surface area (Å²) in [4.78, 5) is 15.2. The lowest BCUT2D eigenvalue weighted by Gasteiger charge is -2.01. The maximum absolute atomic E-state index is 13.1. The highest BCUT2D eigenvalue weighted by Crippen LogP contribution is 2.33. The first-order chi connectivity index (χ1) is 11.1. The number of hydrogen-bond donors (Lipinski definition) is 1. The molecule has 0 atom stereocenters. The predicted molar refractivity (Wildman–Crippen MR) is 83.3 cm³/mol. The third-order valence-electron chi connectivity index (χ3n) is 3.38. The molecule has 0 fully saturated rings. The normalized spacial score (nSPS) is 10.7. The van der Waals surface area contributed by atoms with Gasteiger partial charge in [-0.15, -0.1) is 0 Å². The van der Waals surface area contributed by atoms with Crippen LogP contribution in [0.3, 0.4) is 0 Å². The SMILES string of the molecule is O=C(O)CCc1nc(-c2ccccc2)c(-c2ccc(F)cc2)o1. The first-order valence-corrected chi connectivity index (χ1v) is 7.16. The Morgan fingerprint density at radius 1 is 1.04 bits per heavy atom. The summed E-state index contributed by atoms with van der Waals surface area (Å²) in [6, 6.07) is 15.4. The van der Waals surface area contributed by atoms with E-state index in [-0.39, 0.29) is 18.7 Å². The second kappa shape index (κ2) is 6.44. The largest absolute Gasteiger partial charge is 0.481 e. The number of aliphatic carboxylic acids is 1. The number of benzene rings is 2. The van der Waals surface area contributed by atoms with Crippen molar-refractivity contribution < 1.29 is 18.7 Å². The molecule has 0 radical (unpaired) electrons. The number of rotatable bonds is 5. The summed E-state index contributed by atoms with van der Waals surface area (Å²) in [6.45, 7) is 0. The molecule has 0 saturated heterocycles. The Morgan fingerprint density at radius 2 is 1.74 bits per heavy atom. The molecule has 0 bridgehead atoms. The van der Waals surface area contributed by atoms with Gasteiger partial charge in [-0.3, -0.25) is 4.79 Å². The number of aromatic nitrogens is 1. The van der Waals surface area contributed by atoms with Crippen LogP contribution in [0.1, 0.15) is 12.3 Å². The van der Waals surface area contributed by atoms with E-state index in [0.717, 1.165) is 5.56 Å². The fourth-order valence-electron chi connectivity index (χ4n) is 2.27. The van der Waals surface area contributed by atoms with E-state index in [1.165, 1.54) is 12.1 Å². The summed E-state index contributed by atoms with van der Waals surface area (Å²) in [5.74, 6) is -0.379. The van der Waals surface area contributed by atoms with Crippen LogP contribution in [0, 0.1) is 5.82 Å². The van der Waals surface area contributed by atoms with Crippen LogP contribution < -0.4 is 0 Å². The third-order valence-corrected chi connectivity index (χ3v) is 3.38. The highest BCUT2D eigenvalue weighted by Gasteiger charge is 2.17. The minimum atomic E-state index is -0.909. The minimum Gasteiger partial charge on any atom is -0.481 e. The topological polar surface area (TPSA) is 63.3 Å². The fraction of sp³-hybridized carbons (Fsp3) is 0.111. The standard InChI is InChI=1S/C18H14FNO3/c19-14-8-6-13(7-9-14)18-17(12-4-2-1-3-5-12)20-15(23-18)10-11-16(21)22/h1-9H,10-11H2,(H,21,22). The molecule has 2 aromatic carbocycles. The quantitative estimate of drug-likeness (QED) is 0.768. The van der Waals surface area contributed by atoms with Crippen molar-refractivity contribution in [2.24, 2.45) is 0 Å². The smallest absolute Gasteiger partial charge is 0.303 e. The molecule has 116 valence electrons. The molecule has 23 heavy (non-hydrogen) atoms. The van der Waals surface area contributed by atoms with Crippen LogP contribution in [0.2, 0.25) is 0 Å². The second-order valence-corrected chi connectivity index (χ2v) is 5.05. The summed E-state index contributed by atoms with van der Waals surface area (Å²) >= 11 is 0. The van der Waals surface area contributed by atoms with E-state index in [1.807, 2.05) is 30.3 Å². The number of aryl methyl sites for hydroxylation is 1. The number of carboxylic acids is 1. The Hall–Kier alpha value is -2.95. The van der Waals surface area contributed by atoms with Gasteiger partial charge >= 0.3 is 5.97 Å². The molecule has 0 saturated carbocycles. The molecule has 3 aromatic rings. The average Bonchev–Trinajstić information content (AvgIpc) is 2.99. The van der Waals surface area contributed by atoms with Gasteiger partial charge in [-0.05, 0) is 24.3 Å². The predicted octanol–water partition coefficient (Wildman–Crippen LogP) is 4.16. The molecule has 0 unspecified atom stereocenters. The van der Waals surface area contributed by atoms with Crippen molar-refractivity contribution in [2.45, 2.75) is 12.8 Å². The molecule has 1 N–H and O–H groups in total. The first-order valence-electron chi connectivity index (χ1n) is 7.16. The molecule has 0 spiro atoms. The van der Waals surface area contributed by atoms with Gasteiger partial charge in [0.15, 0.2) is 11.7 Å². The van der Waals surface area contributed by atoms with Crippen molar-refractivity contribution >= 4 is 5.97 Å². The molecule has 0 amide bonds. The van der Waals surface area contributed by atoms with Gasteiger partial charge in [0.05, 0.1) is 6.42 Å². The number of halogens is 1. The highest BCUT2D eigenvalue weighted by molar-refractivity contribution is 5.76. The molecular weight excluding hydrogens is 297 g/mol. The van der Waals surface area contributed by atoms with Gasteiger partial charge in [0, 0.05) is 17.5 Å². The molecule has 1 heterocycles. The van der Waals surface area contributed by atoms with Crippen molar-refractivity contribution in [1.82, 2.24) is 4.98 Å². The van der Waals surface area contributed by atoms with Crippen LogP contribution in [0.4, 0.5) is 4.39 Å². The van der Waals surface area contributed by atoms with Crippen molar-refractivity contribution in [3.05, 3.63) is 66.3 Å². The van der Waals surface area contributed by atoms with Crippen molar-refractivity contribution in [1.29, 1.82) is 0 Å². The van der Waals surface area contributed by atoms with Crippen LogP contribution in [0.15, 0.2) is 59.0 Å². The summed E-state index contributed by atoms with van der Waals surface area (Å²) in [5, 5.41) is 8.80. The lowest BCUT2D eigenvalue weighted by atomic mass is 10.1. The van der Waals surface area contributed by atoms with Crippen LogP contribution in [-0.2, 0) is 11.2 Å². The van der Waals surface area contributed by atoms with Crippen LogP contribution >= 0.6 is 0 Å². The minimum absolute atomic E-state index is 0.0579. The summed E-state index contributed by atoms with van der Waals surface area (Å²) in [6.07, 6.45) is 0.147. The lowest BCUT2D eigenvalue weighted by Crippen LogP contribution is -1.97. The number of nitrogens with zero attached hydrogens (tertiary/aromatic N) is 1. The number of carbonyl (C=O) groups is 1. The van der Waals surface area contributed by atoms with Gasteiger partial charge in [0.25, 0.3) is 0 Å². The lowest BCUT2D eigenvalue weighted by molar-refractivity contribution is -0.137. The van der Waals surface area contributed by atoms with E-state index in [1.54, 1.807) is 12.1 Å². The molecule has 0 aliphatic carbocycles. The fourth-order valence-corrected chi connectivity index (χ4v) is 2.27. The maximum Gasteiger partial charge on any atom is 0.303 e. The Bertz CT molecular complexity index is 810. The van der Waals surface area contributed by atoms with Crippen molar-refractivity contribution in [2.75, 3.05) is 0 Å². The van der Waals surface area contributed by atoms with E-state index in [4.69, 9.17) is 9.52 Å². The van der Waals surface area contributed by atoms with Crippen LogP contribution in [-0.4, -0.2) is 16.1 Å². The zero-order chi connectivity index (χ0) is 16.2. The number of carboxylic acid groups (broad SMARTS) is 1. The van der Waals surface area contributed by atoms with Gasteiger partial charge in [0.2, 0.25) is 0 Å². The summed E-state index contributed by atoms with van der Waals surface area (Å²) < 4.78 is 18.9. The zero-order valence-electron chi connectivity index (χ0n) is 12.2. The van der Waals surface area contributed by atoms with Crippen LogP contribution in [0.5, 0.6) is 0 Å². The first kappa shape index (κ1) is 15.0. The summed E-state index contributed by atoms with van der Waals surface area (Å²) in [5.41, 5.74) is 2.18. The molecule has 3 rings (SSSR count). The number of hydrogen-bond acceptors (Lipinski definition) is 3. The van der Waals surface area contributed by atoms with Gasteiger partial charge in [-0.1, -0.05) is 30.3 Å². The van der Waals surface area contributed by atoms with Gasteiger partial charge in [-0.25, -0.2) is 9.37 Å². The van der Waals surface area contributed by atoms with E-state index < -0.39 is 5.97 Å². The monoisotopic (exact) mass is 311 g/mol. The highest BCUT2D eigenvalue weighted by atomic mass is 19.1. The molecule has 4 nitrogen and oxygen atoms in total. The van der Waals surface area contributed by atoms with E-state index in [9.17, 15) is 9.18 Å². The van der Waals surface area contributed by atoms with Crippen molar-refractivity contribution in [3.63, 3.8) is 0 Å². The molecular formula is C18H14FNO3. The van der Waals surface area contributed by atoms with Crippen LogP contribution in [0.25, 0.3) is 22.6 Å². The third kappa shape index (κ3) is 3.45. The average molecular weight is 311 g/mol. The van der Waals surface area contributed by atoms with E-state index in [0.29, 0.717) is 22.9 Å². The molecule has 0 aliphatic heterocycles. The maximum atomic E-state index is 13.1. The number of oxazole rings is 1. The molecule has 0 aliphatic rings. The van der Waals surface area contributed by atoms with Gasteiger partial charge in [-0.2, -0.15) is 0 Å². The summed E-state index contributed by atoms with van der Waals surface area (Å²) in [7, 11) is 0. The van der Waals surface area contributed by atoms with E-state index in [2.05, 4.69) is 4.98 Å². The molecule has 5 heteroatoms. The Morgan fingerprint density at radius 3 is 2.39 bits per heavy atom. The van der Waals surface area contributed by atoms with Gasteiger partial charge < -0.3 is 9.52 Å².